The van der Waals surface area contributed by atoms with Gasteiger partial charge in [0.15, 0.2) is 0 Å². The summed E-state index contributed by atoms with van der Waals surface area (Å²) in [5.41, 5.74) is 9.57. The van der Waals surface area contributed by atoms with Gasteiger partial charge in [-0.25, -0.2) is 0 Å². The van der Waals surface area contributed by atoms with E-state index >= 15 is 0 Å². The summed E-state index contributed by atoms with van der Waals surface area (Å²) in [6, 6.07) is 22.5. The Kier molecular flexibility index (Phi) is 7.75. The minimum absolute atomic E-state index is 0.225. The zero-order valence-electron chi connectivity index (χ0n) is 19.6. The van der Waals surface area contributed by atoms with Gasteiger partial charge in [0.05, 0.1) is 29.1 Å². The average Bonchev–Trinajstić information content (AvgIpc) is 3.31. The largest absolute Gasteiger partial charge is 0.397 e. The summed E-state index contributed by atoms with van der Waals surface area (Å²) in [4.78, 5) is 27.5. The molecular weight excluding hydrogens is 454 g/mol. The molecule has 1 saturated heterocycles. The lowest BCUT2D eigenvalue weighted by Gasteiger charge is -2.27. The van der Waals surface area contributed by atoms with Crippen LogP contribution in [0.1, 0.15) is 29.2 Å². The van der Waals surface area contributed by atoms with E-state index in [1.165, 1.54) is 6.08 Å². The quantitative estimate of drug-likeness (QED) is 0.302. The Hall–Kier alpha value is -4.45. The van der Waals surface area contributed by atoms with E-state index in [-0.39, 0.29) is 11.8 Å². The van der Waals surface area contributed by atoms with Gasteiger partial charge in [0.25, 0.3) is 0 Å². The van der Waals surface area contributed by atoms with Crippen molar-refractivity contribution >= 4 is 35.0 Å². The van der Waals surface area contributed by atoms with Gasteiger partial charge < -0.3 is 21.5 Å². The first-order chi connectivity index (χ1) is 17.4. The van der Waals surface area contributed by atoms with Crippen LogP contribution in [-0.4, -0.2) is 41.0 Å². The van der Waals surface area contributed by atoms with Crippen LogP contribution in [-0.2, 0) is 9.59 Å². The lowest BCUT2D eigenvalue weighted by atomic mass is 10.0. The minimum atomic E-state index is -0.597. The number of carbonyl (C=O) groups is 2. The second kappa shape index (κ2) is 11.3. The Morgan fingerprint density at radius 1 is 1.06 bits per heavy atom. The van der Waals surface area contributed by atoms with Gasteiger partial charge in [-0.2, -0.15) is 5.26 Å². The molecule has 0 aromatic heterocycles. The zero-order valence-corrected chi connectivity index (χ0v) is 19.6. The van der Waals surface area contributed by atoms with Gasteiger partial charge in [-0.1, -0.05) is 36.4 Å². The molecule has 0 saturated carbocycles. The third-order valence-corrected chi connectivity index (χ3v) is 5.99. The number of β-amino-alcohol motifs (C(OH)–C–C–N with tert-alkyl or cyclic N) is 1. The molecule has 36 heavy (non-hydrogen) atoms. The normalized spacial score (nSPS) is 16.4. The maximum atomic E-state index is 13.3. The molecule has 0 aliphatic carbocycles. The molecule has 4 rings (SSSR count). The number of amides is 2. The molecule has 0 bridgehead atoms. The van der Waals surface area contributed by atoms with Crippen molar-refractivity contribution in [3.05, 3.63) is 95.6 Å². The number of rotatable bonds is 7. The zero-order chi connectivity index (χ0) is 25.5. The van der Waals surface area contributed by atoms with Crippen molar-refractivity contribution < 1.29 is 14.7 Å². The molecule has 1 aliphatic heterocycles. The molecule has 2 atom stereocenters. The molecule has 1 fully saturated rings. The van der Waals surface area contributed by atoms with E-state index < -0.39 is 12.1 Å². The van der Waals surface area contributed by atoms with Crippen LogP contribution in [0.25, 0.3) is 6.08 Å². The number of carbonyl (C=O) groups excluding carboxylic acids is 2. The van der Waals surface area contributed by atoms with Crippen molar-refractivity contribution in [3.63, 3.8) is 0 Å². The van der Waals surface area contributed by atoms with Crippen molar-refractivity contribution in [1.82, 2.24) is 4.90 Å². The van der Waals surface area contributed by atoms with Gasteiger partial charge in [-0.05, 0) is 60.0 Å². The van der Waals surface area contributed by atoms with Crippen LogP contribution < -0.4 is 16.4 Å². The van der Waals surface area contributed by atoms with Gasteiger partial charge in [0, 0.05) is 24.9 Å². The molecule has 3 aromatic carbocycles. The number of nitrogen functional groups attached to an aromatic ring is 1. The van der Waals surface area contributed by atoms with E-state index in [9.17, 15) is 14.7 Å². The molecule has 3 aromatic rings. The average molecular weight is 482 g/mol. The van der Waals surface area contributed by atoms with E-state index in [4.69, 9.17) is 11.0 Å². The fourth-order valence-electron chi connectivity index (χ4n) is 4.12. The van der Waals surface area contributed by atoms with Crippen LogP contribution in [0.2, 0.25) is 0 Å². The van der Waals surface area contributed by atoms with Crippen LogP contribution in [0.5, 0.6) is 0 Å². The fraction of sp³-hybridized carbons (Fsp3) is 0.179. The molecule has 182 valence electrons. The molecule has 1 aliphatic rings. The predicted molar refractivity (Wildman–Crippen MR) is 140 cm³/mol. The van der Waals surface area contributed by atoms with E-state index in [1.54, 1.807) is 54.6 Å². The topological polar surface area (TPSA) is 131 Å². The summed E-state index contributed by atoms with van der Waals surface area (Å²) in [6.45, 7) is 0.993. The first-order valence-electron chi connectivity index (χ1n) is 11.6. The Morgan fingerprint density at radius 2 is 1.78 bits per heavy atom. The third-order valence-electron chi connectivity index (χ3n) is 5.99. The molecule has 2 unspecified atom stereocenters. The number of anilines is 3. The van der Waals surface area contributed by atoms with Crippen LogP contribution in [0.3, 0.4) is 0 Å². The van der Waals surface area contributed by atoms with E-state index in [2.05, 4.69) is 16.7 Å². The number of aliphatic hydroxyl groups excluding tert-OH is 1. The number of likely N-dealkylation sites (tertiary alicyclic amines) is 1. The van der Waals surface area contributed by atoms with Gasteiger partial charge in [-0.15, -0.1) is 0 Å². The Labute approximate surface area is 209 Å². The molecule has 0 radical (unpaired) electrons. The highest BCUT2D eigenvalue weighted by atomic mass is 16.3. The number of nitriles is 1. The highest BCUT2D eigenvalue weighted by Crippen LogP contribution is 2.28. The number of nitrogens with two attached hydrogens (primary N) is 1. The summed E-state index contributed by atoms with van der Waals surface area (Å²) >= 11 is 0. The van der Waals surface area contributed by atoms with E-state index in [0.29, 0.717) is 42.1 Å². The predicted octanol–water partition coefficient (Wildman–Crippen LogP) is 3.54. The third kappa shape index (κ3) is 6.16. The van der Waals surface area contributed by atoms with Gasteiger partial charge >= 0.3 is 0 Å². The summed E-state index contributed by atoms with van der Waals surface area (Å²) in [6.07, 6.45) is 3.23. The monoisotopic (exact) mass is 481 g/mol. The number of hydrogen-bond acceptors (Lipinski definition) is 6. The SMILES string of the molecule is N#Cc1ccc(NC(=O)C(c2ccc(/C=C/C(=O)Nc3ccccc3N)cc2)N2CCC(O)C2)cc1. The second-order valence-electron chi connectivity index (χ2n) is 8.59. The highest BCUT2D eigenvalue weighted by molar-refractivity contribution is 6.03. The van der Waals surface area contributed by atoms with E-state index in [1.807, 2.05) is 29.2 Å². The fourth-order valence-corrected chi connectivity index (χ4v) is 4.12. The second-order valence-corrected chi connectivity index (χ2v) is 8.59. The van der Waals surface area contributed by atoms with Crippen molar-refractivity contribution in [3.8, 4) is 6.07 Å². The van der Waals surface area contributed by atoms with E-state index in [0.717, 1.165) is 11.1 Å². The van der Waals surface area contributed by atoms with Gasteiger partial charge in [0.2, 0.25) is 11.8 Å². The van der Waals surface area contributed by atoms with Crippen LogP contribution in [0.15, 0.2) is 78.9 Å². The molecule has 8 heteroatoms. The van der Waals surface area contributed by atoms with Crippen LogP contribution in [0.4, 0.5) is 17.1 Å². The molecule has 8 nitrogen and oxygen atoms in total. The Balaban J connectivity index is 1.47. The first-order valence-corrected chi connectivity index (χ1v) is 11.6. The Bertz CT molecular complexity index is 1300. The highest BCUT2D eigenvalue weighted by Gasteiger charge is 2.33. The maximum absolute atomic E-state index is 13.3. The van der Waals surface area contributed by atoms with Crippen molar-refractivity contribution in [1.29, 1.82) is 5.26 Å². The number of hydrogen-bond donors (Lipinski definition) is 4. The molecule has 1 heterocycles. The lowest BCUT2D eigenvalue weighted by molar-refractivity contribution is -0.121. The summed E-state index contributed by atoms with van der Waals surface area (Å²) in [7, 11) is 0. The van der Waals surface area contributed by atoms with Gasteiger partial charge in [0.1, 0.15) is 6.04 Å². The number of para-hydroxylation sites is 2. The Morgan fingerprint density at radius 3 is 2.42 bits per heavy atom. The van der Waals surface area contributed by atoms with Crippen molar-refractivity contribution in [2.24, 2.45) is 0 Å². The number of nitrogens with zero attached hydrogens (tertiary/aromatic N) is 2. The maximum Gasteiger partial charge on any atom is 0.248 e. The number of aliphatic hydroxyl groups is 1. The number of benzene rings is 3. The summed E-state index contributed by atoms with van der Waals surface area (Å²) in [5.74, 6) is -0.528. The molecule has 0 spiro atoms. The first kappa shape index (κ1) is 24.7. The van der Waals surface area contributed by atoms with Crippen LogP contribution in [0, 0.1) is 11.3 Å². The van der Waals surface area contributed by atoms with Gasteiger partial charge in [-0.3, -0.25) is 14.5 Å². The smallest absolute Gasteiger partial charge is 0.248 e. The summed E-state index contributed by atoms with van der Waals surface area (Å²) in [5, 5.41) is 24.7. The minimum Gasteiger partial charge on any atom is -0.397 e. The van der Waals surface area contributed by atoms with Crippen molar-refractivity contribution in [2.45, 2.75) is 18.6 Å². The lowest BCUT2D eigenvalue weighted by Crippen LogP contribution is -2.36. The standard InChI is InChI=1S/C28H27N5O3/c29-17-20-7-12-22(13-8-20)31-28(36)27(33-16-15-23(34)18-33)21-10-5-19(6-11-21)9-14-26(35)32-25-4-2-1-3-24(25)30/h1-14,23,27,34H,15-16,18,30H2,(H,31,36)(H,32,35)/b14-9+. The number of nitrogens with one attached hydrogen (secondary N) is 2. The molecule has 5 N–H and O–H groups in total. The summed E-state index contributed by atoms with van der Waals surface area (Å²) < 4.78 is 0. The van der Waals surface area contributed by atoms with Crippen LogP contribution >= 0.6 is 0 Å². The molecular formula is C28H27N5O3. The van der Waals surface area contributed by atoms with Crippen molar-refractivity contribution in [2.75, 3.05) is 29.5 Å². The molecule has 2 amide bonds.